The molecule has 0 radical (unpaired) electrons. The lowest BCUT2D eigenvalue weighted by Crippen LogP contribution is -2.42. The second-order valence-electron chi connectivity index (χ2n) is 5.23. The van der Waals surface area contributed by atoms with Crippen molar-refractivity contribution in [2.75, 3.05) is 6.54 Å². The Hall–Kier alpha value is -1.69. The van der Waals surface area contributed by atoms with E-state index in [1.54, 1.807) is 0 Å². The highest BCUT2D eigenvalue weighted by Gasteiger charge is 2.22. The molecule has 2 amide bonds. The summed E-state index contributed by atoms with van der Waals surface area (Å²) in [6.07, 6.45) is 11.0. The number of hydrogen-bond acceptors (Lipinski definition) is 4. The van der Waals surface area contributed by atoms with Gasteiger partial charge < -0.3 is 5.11 Å². The van der Waals surface area contributed by atoms with Crippen LogP contribution in [0, 0.1) is 0 Å². The molecule has 6 heteroatoms. The molecule has 0 aromatic rings. The summed E-state index contributed by atoms with van der Waals surface area (Å²) < 4.78 is 0. The van der Waals surface area contributed by atoms with Gasteiger partial charge in [-0.05, 0) is 12.8 Å². The largest absolute Gasteiger partial charge is 0.481 e. The third kappa shape index (κ3) is 7.60. The fourth-order valence-corrected chi connectivity index (χ4v) is 2.21. The van der Waals surface area contributed by atoms with Crippen molar-refractivity contribution in [1.82, 2.24) is 10.4 Å². The Labute approximate surface area is 125 Å². The SMILES string of the molecule is O=C(O)CCCCCCCCCCNN1C(=O)C=CC1=O. The van der Waals surface area contributed by atoms with Gasteiger partial charge in [0.15, 0.2) is 0 Å². The van der Waals surface area contributed by atoms with Gasteiger partial charge in [-0.2, -0.15) is 0 Å². The normalized spacial score (nSPS) is 14.2. The van der Waals surface area contributed by atoms with Gasteiger partial charge in [0.05, 0.1) is 0 Å². The monoisotopic (exact) mass is 296 g/mol. The van der Waals surface area contributed by atoms with Crippen LogP contribution in [-0.2, 0) is 14.4 Å². The molecule has 0 saturated heterocycles. The summed E-state index contributed by atoms with van der Waals surface area (Å²) in [6, 6.07) is 0. The lowest BCUT2D eigenvalue weighted by molar-refractivity contribution is -0.140. The summed E-state index contributed by atoms with van der Waals surface area (Å²) in [5.41, 5.74) is 2.83. The Balaban J connectivity index is 1.84. The number of nitrogens with zero attached hydrogens (tertiary/aromatic N) is 1. The van der Waals surface area contributed by atoms with E-state index in [9.17, 15) is 14.4 Å². The lowest BCUT2D eigenvalue weighted by Gasteiger charge is -2.14. The summed E-state index contributed by atoms with van der Waals surface area (Å²) >= 11 is 0. The third-order valence-electron chi connectivity index (χ3n) is 3.40. The molecular formula is C15H24N2O4. The van der Waals surface area contributed by atoms with Crippen molar-refractivity contribution in [3.8, 4) is 0 Å². The molecule has 1 aliphatic rings. The number of unbranched alkanes of at least 4 members (excludes halogenated alkanes) is 7. The first-order chi connectivity index (χ1) is 10.1. The van der Waals surface area contributed by atoms with E-state index in [-0.39, 0.29) is 18.2 Å². The number of carboxylic acids is 1. The zero-order chi connectivity index (χ0) is 15.5. The highest BCUT2D eigenvalue weighted by atomic mass is 16.4. The molecule has 0 atom stereocenters. The van der Waals surface area contributed by atoms with Gasteiger partial charge in [0.2, 0.25) is 0 Å². The van der Waals surface area contributed by atoms with Crippen LogP contribution in [0.15, 0.2) is 12.2 Å². The van der Waals surface area contributed by atoms with Gasteiger partial charge in [-0.3, -0.25) is 14.4 Å². The first kappa shape index (κ1) is 17.4. The molecule has 0 spiro atoms. The van der Waals surface area contributed by atoms with E-state index in [1.807, 2.05) is 0 Å². The van der Waals surface area contributed by atoms with Crippen LogP contribution in [0.25, 0.3) is 0 Å². The maximum atomic E-state index is 11.2. The molecule has 118 valence electrons. The van der Waals surface area contributed by atoms with Crippen molar-refractivity contribution in [2.45, 2.75) is 57.8 Å². The van der Waals surface area contributed by atoms with Crippen LogP contribution >= 0.6 is 0 Å². The summed E-state index contributed by atoms with van der Waals surface area (Å²) in [4.78, 5) is 32.8. The first-order valence-electron chi connectivity index (χ1n) is 7.62. The predicted octanol–water partition coefficient (Wildman–Crippen LogP) is 2.01. The maximum absolute atomic E-state index is 11.2. The van der Waals surface area contributed by atoms with E-state index in [2.05, 4.69) is 5.43 Å². The number of carbonyl (C=O) groups excluding carboxylic acids is 2. The number of hydrogen-bond donors (Lipinski definition) is 2. The van der Waals surface area contributed by atoms with E-state index < -0.39 is 5.97 Å². The number of carbonyl (C=O) groups is 3. The van der Waals surface area contributed by atoms with Crippen LogP contribution in [0.1, 0.15) is 57.8 Å². The Kier molecular flexibility index (Phi) is 8.35. The van der Waals surface area contributed by atoms with Crippen molar-refractivity contribution in [2.24, 2.45) is 0 Å². The summed E-state index contributed by atoms with van der Waals surface area (Å²) in [5.74, 6) is -1.32. The highest BCUT2D eigenvalue weighted by molar-refractivity contribution is 6.12. The van der Waals surface area contributed by atoms with Crippen LogP contribution < -0.4 is 5.43 Å². The Morgan fingerprint density at radius 1 is 0.905 bits per heavy atom. The van der Waals surface area contributed by atoms with Gasteiger partial charge in [-0.15, -0.1) is 0 Å². The molecule has 1 rings (SSSR count). The standard InChI is InChI=1S/C15H24N2O4/c18-13-10-11-14(19)17(13)16-12-8-6-4-2-1-3-5-7-9-15(20)21/h10-11,16H,1-9,12H2,(H,20,21). The van der Waals surface area contributed by atoms with Crippen LogP contribution in [0.3, 0.4) is 0 Å². The second-order valence-corrected chi connectivity index (χ2v) is 5.23. The summed E-state index contributed by atoms with van der Waals surface area (Å²) in [5, 5.41) is 9.54. The fraction of sp³-hybridized carbons (Fsp3) is 0.667. The molecule has 0 unspecified atom stereocenters. The molecule has 21 heavy (non-hydrogen) atoms. The van der Waals surface area contributed by atoms with Gasteiger partial charge in [-0.25, -0.2) is 10.4 Å². The summed E-state index contributed by atoms with van der Waals surface area (Å²) in [6.45, 7) is 0.623. The van der Waals surface area contributed by atoms with E-state index >= 15 is 0 Å². The molecule has 0 bridgehead atoms. The van der Waals surface area contributed by atoms with E-state index in [0.717, 1.165) is 56.4 Å². The number of imide groups is 1. The fourth-order valence-electron chi connectivity index (χ4n) is 2.21. The second kappa shape index (κ2) is 10.1. The van der Waals surface area contributed by atoms with Crippen LogP contribution in [0.2, 0.25) is 0 Å². The summed E-state index contributed by atoms with van der Waals surface area (Å²) in [7, 11) is 0. The number of carboxylic acid groups (broad SMARTS) is 1. The average Bonchev–Trinajstić information content (AvgIpc) is 2.75. The number of amides is 2. The van der Waals surface area contributed by atoms with Gasteiger partial charge in [-0.1, -0.05) is 38.5 Å². The Morgan fingerprint density at radius 2 is 1.38 bits per heavy atom. The average molecular weight is 296 g/mol. The topological polar surface area (TPSA) is 86.7 Å². The molecule has 1 heterocycles. The minimum Gasteiger partial charge on any atom is -0.481 e. The predicted molar refractivity (Wildman–Crippen MR) is 78.2 cm³/mol. The van der Waals surface area contributed by atoms with Gasteiger partial charge in [0.25, 0.3) is 11.8 Å². The van der Waals surface area contributed by atoms with Crippen molar-refractivity contribution < 1.29 is 19.5 Å². The lowest BCUT2D eigenvalue weighted by atomic mass is 10.1. The van der Waals surface area contributed by atoms with Crippen LogP contribution in [-0.4, -0.2) is 34.4 Å². The first-order valence-corrected chi connectivity index (χ1v) is 7.62. The third-order valence-corrected chi connectivity index (χ3v) is 3.40. The van der Waals surface area contributed by atoms with Crippen LogP contribution in [0.5, 0.6) is 0 Å². The number of hydrazine groups is 1. The van der Waals surface area contributed by atoms with Crippen molar-refractivity contribution >= 4 is 17.8 Å². The van der Waals surface area contributed by atoms with E-state index in [1.165, 1.54) is 12.2 Å². The molecule has 6 nitrogen and oxygen atoms in total. The van der Waals surface area contributed by atoms with Gasteiger partial charge in [0, 0.05) is 25.1 Å². The zero-order valence-electron chi connectivity index (χ0n) is 12.3. The molecule has 1 aliphatic heterocycles. The van der Waals surface area contributed by atoms with Crippen LogP contribution in [0.4, 0.5) is 0 Å². The molecule has 0 saturated carbocycles. The van der Waals surface area contributed by atoms with E-state index in [0.29, 0.717) is 6.54 Å². The van der Waals surface area contributed by atoms with Crippen molar-refractivity contribution in [3.63, 3.8) is 0 Å². The number of nitrogens with one attached hydrogen (secondary N) is 1. The molecule has 0 aromatic heterocycles. The minimum absolute atomic E-state index is 0.272. The minimum atomic E-state index is -0.715. The quantitative estimate of drug-likeness (QED) is 0.425. The number of rotatable bonds is 12. The van der Waals surface area contributed by atoms with E-state index in [4.69, 9.17) is 5.11 Å². The molecule has 2 N–H and O–H groups in total. The maximum Gasteiger partial charge on any atom is 0.303 e. The zero-order valence-corrected chi connectivity index (χ0v) is 12.3. The highest BCUT2D eigenvalue weighted by Crippen LogP contribution is 2.09. The van der Waals surface area contributed by atoms with Gasteiger partial charge in [0.1, 0.15) is 0 Å². The number of aliphatic carboxylic acids is 1. The molecular weight excluding hydrogens is 272 g/mol. The Bertz CT molecular complexity index is 375. The molecule has 0 fully saturated rings. The van der Waals surface area contributed by atoms with Gasteiger partial charge >= 0.3 is 5.97 Å². The molecule has 0 aromatic carbocycles. The Morgan fingerprint density at radius 3 is 1.90 bits per heavy atom. The van der Waals surface area contributed by atoms with Crippen molar-refractivity contribution in [3.05, 3.63) is 12.2 Å². The van der Waals surface area contributed by atoms with Crippen molar-refractivity contribution in [1.29, 1.82) is 0 Å². The molecule has 0 aliphatic carbocycles. The smallest absolute Gasteiger partial charge is 0.303 e.